The Kier molecular flexibility index (Phi) is 4.51. The van der Waals surface area contributed by atoms with Gasteiger partial charge in [-0.3, -0.25) is 4.79 Å². The van der Waals surface area contributed by atoms with Gasteiger partial charge in [-0.05, 0) is 52.3 Å². The monoisotopic (exact) mass is 408 g/mol. The van der Waals surface area contributed by atoms with Gasteiger partial charge in [-0.2, -0.15) is 5.10 Å². The minimum atomic E-state index is -0.348. The van der Waals surface area contributed by atoms with Gasteiger partial charge in [0.1, 0.15) is 11.5 Å². The fourth-order valence-corrected chi connectivity index (χ4v) is 3.36. The molecule has 1 aromatic heterocycles. The lowest BCUT2D eigenvalue weighted by molar-refractivity contribution is 0.0957. The third-order valence-corrected chi connectivity index (χ3v) is 4.45. The number of rotatable bonds is 3. The molecule has 1 amide bonds. The summed E-state index contributed by atoms with van der Waals surface area (Å²) >= 11 is 7.79. The van der Waals surface area contributed by atoms with Crippen molar-refractivity contribution in [3.8, 4) is 5.69 Å². The van der Waals surface area contributed by atoms with E-state index in [1.165, 1.54) is 16.8 Å². The summed E-state index contributed by atoms with van der Waals surface area (Å²) in [5.74, 6) is -0.626. The van der Waals surface area contributed by atoms with E-state index in [1.54, 1.807) is 30.5 Å². The molecule has 0 aliphatic rings. The van der Waals surface area contributed by atoms with E-state index in [4.69, 9.17) is 0 Å². The van der Waals surface area contributed by atoms with Crippen LogP contribution in [0.5, 0.6) is 0 Å². The lowest BCUT2D eigenvalue weighted by atomic mass is 10.1. The fraction of sp³-hybridized carbons (Fsp3) is 0.125. The summed E-state index contributed by atoms with van der Waals surface area (Å²) in [5.41, 5.74) is 2.44. The van der Waals surface area contributed by atoms with Crippen LogP contribution >= 0.6 is 28.7 Å². The van der Waals surface area contributed by atoms with Crippen LogP contribution < -0.4 is 9.62 Å². The normalized spacial score (nSPS) is 10.9. The van der Waals surface area contributed by atoms with Crippen LogP contribution in [-0.2, 0) is 0 Å². The molecule has 0 saturated heterocycles. The minimum absolute atomic E-state index is 0.277. The molecule has 3 aromatic rings. The molecule has 0 aliphatic carbocycles. The molecule has 3 rings (SSSR count). The maximum Gasteiger partial charge on any atom is 0.270 e. The van der Waals surface area contributed by atoms with Gasteiger partial charge in [0.05, 0.1) is 16.9 Å². The van der Waals surface area contributed by atoms with E-state index in [9.17, 15) is 9.18 Å². The molecule has 0 fully saturated rings. The molecule has 124 valence electrons. The zero-order valence-corrected chi connectivity index (χ0v) is 15.4. The van der Waals surface area contributed by atoms with Crippen molar-refractivity contribution in [1.82, 2.24) is 15.1 Å². The van der Waals surface area contributed by atoms with Crippen LogP contribution in [0, 0.1) is 5.82 Å². The molecule has 2 aromatic carbocycles. The van der Waals surface area contributed by atoms with Crippen molar-refractivity contribution in [2.24, 2.45) is 0 Å². The highest BCUT2D eigenvalue weighted by atomic mass is 79.9. The van der Waals surface area contributed by atoms with Crippen LogP contribution in [-0.4, -0.2) is 29.8 Å². The smallest absolute Gasteiger partial charge is 0.270 e. The van der Waals surface area contributed by atoms with Gasteiger partial charge in [0.2, 0.25) is 0 Å². The summed E-state index contributed by atoms with van der Waals surface area (Å²) < 4.78 is 17.2. The quantitative estimate of drug-likeness (QED) is 0.651. The van der Waals surface area contributed by atoms with Crippen molar-refractivity contribution in [3.63, 3.8) is 0 Å². The third kappa shape index (κ3) is 2.87. The number of thiol groups is 1. The maximum atomic E-state index is 13.2. The molecule has 1 heterocycles. The number of halogens is 2. The van der Waals surface area contributed by atoms with E-state index in [0.717, 1.165) is 10.2 Å². The van der Waals surface area contributed by atoms with E-state index in [1.807, 2.05) is 12.1 Å². The Morgan fingerprint density at radius 1 is 1.33 bits per heavy atom. The molecule has 1 N–H and O–H groups in total. The van der Waals surface area contributed by atoms with Crippen molar-refractivity contribution in [2.75, 3.05) is 18.4 Å². The molecule has 8 heteroatoms. The summed E-state index contributed by atoms with van der Waals surface area (Å²) in [5, 5.41) is 7.83. The van der Waals surface area contributed by atoms with Gasteiger partial charge in [-0.15, -0.1) is 0 Å². The van der Waals surface area contributed by atoms with E-state index in [-0.39, 0.29) is 11.7 Å². The zero-order chi connectivity index (χ0) is 17.4. The Balaban J connectivity index is 2.31. The van der Waals surface area contributed by atoms with Gasteiger partial charge >= 0.3 is 0 Å². The van der Waals surface area contributed by atoms with Gasteiger partial charge in [0.15, 0.2) is 0 Å². The van der Waals surface area contributed by atoms with E-state index in [2.05, 4.69) is 39.2 Å². The summed E-state index contributed by atoms with van der Waals surface area (Å²) in [4.78, 5) is 12.4. The standard InChI is InChI=1S/C16H14BrFN4OS/c1-19-16(23)15-11-7-12(17)14(21(2)24)8-13(11)20-22(15)10-5-3-9(18)4-6-10/h3-8,24H,1-2H3,(H,19,23). The number of nitrogens with zero attached hydrogens (tertiary/aromatic N) is 3. The number of nitrogens with one attached hydrogen (secondary N) is 1. The first-order valence-corrected chi connectivity index (χ1v) is 8.24. The second-order valence-electron chi connectivity index (χ2n) is 5.16. The summed E-state index contributed by atoms with van der Waals surface area (Å²) in [6, 6.07) is 9.48. The molecule has 0 saturated carbocycles. The molecule has 0 radical (unpaired) electrons. The number of anilines is 1. The number of benzene rings is 2. The van der Waals surface area contributed by atoms with Crippen molar-refractivity contribution < 1.29 is 9.18 Å². The van der Waals surface area contributed by atoms with Crippen LogP contribution in [0.3, 0.4) is 0 Å². The number of carbonyl (C=O) groups is 1. The lowest BCUT2D eigenvalue weighted by Gasteiger charge is -2.12. The topological polar surface area (TPSA) is 50.2 Å². The maximum absolute atomic E-state index is 13.2. The zero-order valence-electron chi connectivity index (χ0n) is 12.9. The van der Waals surface area contributed by atoms with Crippen LogP contribution in [0.2, 0.25) is 0 Å². The number of hydrogen-bond acceptors (Lipinski definition) is 4. The van der Waals surface area contributed by atoms with Gasteiger partial charge in [0, 0.05) is 24.0 Å². The summed E-state index contributed by atoms with van der Waals surface area (Å²) in [7, 11) is 3.35. The second kappa shape index (κ2) is 6.45. The molecule has 0 spiro atoms. The van der Waals surface area contributed by atoms with E-state index in [0.29, 0.717) is 22.3 Å². The number of amides is 1. The Morgan fingerprint density at radius 2 is 2.00 bits per heavy atom. The molecular weight excluding hydrogens is 395 g/mol. The Hall–Kier alpha value is -2.06. The highest BCUT2D eigenvalue weighted by molar-refractivity contribution is 9.10. The lowest BCUT2D eigenvalue weighted by Crippen LogP contribution is -2.21. The summed E-state index contributed by atoms with van der Waals surface area (Å²) in [6.45, 7) is 0. The number of fused-ring (bicyclic) bond motifs is 1. The first-order chi connectivity index (χ1) is 11.4. The molecule has 0 atom stereocenters. The van der Waals surface area contributed by atoms with Crippen molar-refractivity contribution in [2.45, 2.75) is 0 Å². The van der Waals surface area contributed by atoms with Gasteiger partial charge in [-0.25, -0.2) is 9.07 Å². The molecule has 24 heavy (non-hydrogen) atoms. The van der Waals surface area contributed by atoms with Crippen molar-refractivity contribution in [1.29, 1.82) is 0 Å². The van der Waals surface area contributed by atoms with Gasteiger partial charge in [0.25, 0.3) is 5.91 Å². The van der Waals surface area contributed by atoms with E-state index >= 15 is 0 Å². The first kappa shape index (κ1) is 16.8. The van der Waals surface area contributed by atoms with Crippen LogP contribution in [0.1, 0.15) is 10.5 Å². The largest absolute Gasteiger partial charge is 0.354 e. The van der Waals surface area contributed by atoms with Crippen molar-refractivity contribution >= 4 is 51.2 Å². The van der Waals surface area contributed by atoms with Gasteiger partial charge in [-0.1, -0.05) is 12.8 Å². The highest BCUT2D eigenvalue weighted by Crippen LogP contribution is 2.33. The molecule has 0 bridgehead atoms. The van der Waals surface area contributed by atoms with Crippen LogP contribution in [0.15, 0.2) is 40.9 Å². The second-order valence-corrected chi connectivity index (χ2v) is 6.61. The number of aromatic nitrogens is 2. The van der Waals surface area contributed by atoms with Crippen molar-refractivity contribution in [3.05, 3.63) is 52.4 Å². The highest BCUT2D eigenvalue weighted by Gasteiger charge is 2.20. The SMILES string of the molecule is CNC(=O)c1c2cc(Br)c(N(C)S)cc2nn1-c1ccc(F)cc1. The molecule has 0 aliphatic heterocycles. The Labute approximate surface area is 152 Å². The summed E-state index contributed by atoms with van der Waals surface area (Å²) in [6.07, 6.45) is 0. The third-order valence-electron chi connectivity index (χ3n) is 3.60. The fourth-order valence-electron chi connectivity index (χ4n) is 2.45. The Morgan fingerprint density at radius 3 is 2.58 bits per heavy atom. The van der Waals surface area contributed by atoms with Gasteiger partial charge < -0.3 is 9.62 Å². The minimum Gasteiger partial charge on any atom is -0.354 e. The predicted octanol–water partition coefficient (Wildman–Crippen LogP) is 3.57. The van der Waals surface area contributed by atoms with E-state index < -0.39 is 0 Å². The average molecular weight is 409 g/mol. The van der Waals surface area contributed by atoms with Crippen LogP contribution in [0.25, 0.3) is 16.6 Å². The number of hydrogen-bond donors (Lipinski definition) is 2. The Bertz CT molecular complexity index is 924. The molecule has 0 unspecified atom stereocenters. The predicted molar refractivity (Wildman–Crippen MR) is 99.5 cm³/mol. The molecular formula is C16H14BrFN4OS. The average Bonchev–Trinajstić information content (AvgIpc) is 2.92. The first-order valence-electron chi connectivity index (χ1n) is 7.05. The van der Waals surface area contributed by atoms with Crippen LogP contribution in [0.4, 0.5) is 10.1 Å². The molecule has 5 nitrogen and oxygen atoms in total. The number of carbonyl (C=O) groups excluding carboxylic acids is 1.